The predicted octanol–water partition coefficient (Wildman–Crippen LogP) is 1.72. The van der Waals surface area contributed by atoms with Crippen LogP contribution in [0.1, 0.15) is 26.2 Å². The minimum Gasteiger partial charge on any atom is -0.344 e. The van der Waals surface area contributed by atoms with Gasteiger partial charge in [0, 0.05) is 0 Å². The summed E-state index contributed by atoms with van der Waals surface area (Å²) < 4.78 is 0. The second-order valence-electron chi connectivity index (χ2n) is 1.50. The van der Waals surface area contributed by atoms with E-state index < -0.39 is 0 Å². The van der Waals surface area contributed by atoms with Gasteiger partial charge in [0.1, 0.15) is 0 Å². The Morgan fingerprint density at radius 3 is 1.88 bits per heavy atom. The average molecular weight is 141 g/mol. The molecule has 0 unspecified atom stereocenters. The van der Waals surface area contributed by atoms with Crippen LogP contribution in [0.5, 0.6) is 0 Å². The van der Waals surface area contributed by atoms with Crippen molar-refractivity contribution in [3.8, 4) is 0 Å². The quantitative estimate of drug-likeness (QED) is 0.587. The van der Waals surface area contributed by atoms with Crippen LogP contribution in [-0.4, -0.2) is 6.54 Å². The smallest absolute Gasteiger partial charge is 0.00773 e. The van der Waals surface area contributed by atoms with E-state index in [4.69, 9.17) is 5.73 Å². The summed E-state index contributed by atoms with van der Waals surface area (Å²) in [4.78, 5) is 0. The first-order valence-corrected chi connectivity index (χ1v) is 2.62. The van der Waals surface area contributed by atoms with Gasteiger partial charge in [0.25, 0.3) is 0 Å². The lowest BCUT2D eigenvalue weighted by molar-refractivity contribution is 0.727. The molecule has 54 valence electrons. The molecular formula is C5H17ClN2. The van der Waals surface area contributed by atoms with Crippen molar-refractivity contribution >= 4 is 12.4 Å². The van der Waals surface area contributed by atoms with Gasteiger partial charge in [-0.25, -0.2) is 0 Å². The van der Waals surface area contributed by atoms with Crippen LogP contribution in [0.2, 0.25) is 0 Å². The fourth-order valence-corrected chi connectivity index (χ4v) is 0.394. The van der Waals surface area contributed by atoms with E-state index in [1.54, 1.807) is 0 Å². The van der Waals surface area contributed by atoms with Crippen molar-refractivity contribution < 1.29 is 0 Å². The number of halogens is 1. The summed E-state index contributed by atoms with van der Waals surface area (Å²) in [5.74, 6) is 0. The Hall–Kier alpha value is 0.210. The van der Waals surface area contributed by atoms with E-state index in [1.807, 2.05) is 0 Å². The maximum absolute atomic E-state index is 5.21. The Bertz CT molecular complexity index is 22.4. The first kappa shape index (κ1) is 15.7. The fourth-order valence-electron chi connectivity index (χ4n) is 0.394. The van der Waals surface area contributed by atoms with E-state index in [0.29, 0.717) is 0 Å². The Balaban J connectivity index is -0.000000125. The van der Waals surface area contributed by atoms with Crippen molar-refractivity contribution in [1.82, 2.24) is 6.15 Å². The third kappa shape index (κ3) is 16.4. The van der Waals surface area contributed by atoms with E-state index in [0.717, 1.165) is 6.54 Å². The topological polar surface area (TPSA) is 61.0 Å². The van der Waals surface area contributed by atoms with Crippen molar-refractivity contribution in [2.24, 2.45) is 5.73 Å². The molecule has 3 heteroatoms. The number of rotatable bonds is 3. The van der Waals surface area contributed by atoms with Crippen molar-refractivity contribution in [3.05, 3.63) is 0 Å². The zero-order chi connectivity index (χ0) is 4.83. The molecule has 5 N–H and O–H groups in total. The number of nitrogens with two attached hydrogens (primary N) is 1. The lowest BCUT2D eigenvalue weighted by atomic mass is 10.3. The maximum atomic E-state index is 5.21. The molecular weight excluding hydrogens is 124 g/mol. The highest BCUT2D eigenvalue weighted by Gasteiger charge is 1.75. The highest BCUT2D eigenvalue weighted by Crippen LogP contribution is 1.88. The summed E-state index contributed by atoms with van der Waals surface area (Å²) >= 11 is 0. The third-order valence-corrected chi connectivity index (χ3v) is 0.808. The minimum atomic E-state index is 0. The summed E-state index contributed by atoms with van der Waals surface area (Å²) in [5.41, 5.74) is 5.21. The predicted molar refractivity (Wildman–Crippen MR) is 40.8 cm³/mol. The van der Waals surface area contributed by atoms with Gasteiger partial charge in [0.2, 0.25) is 0 Å². The molecule has 0 aromatic heterocycles. The van der Waals surface area contributed by atoms with E-state index >= 15 is 0 Å². The van der Waals surface area contributed by atoms with Crippen LogP contribution in [-0.2, 0) is 0 Å². The number of unbranched alkanes of at least 4 members (excludes halogenated alkanes) is 2. The summed E-state index contributed by atoms with van der Waals surface area (Å²) in [5, 5.41) is 0. The van der Waals surface area contributed by atoms with Gasteiger partial charge in [-0.3, -0.25) is 0 Å². The molecule has 0 aromatic rings. The molecule has 0 aromatic carbocycles. The van der Waals surface area contributed by atoms with Crippen LogP contribution in [0.3, 0.4) is 0 Å². The Morgan fingerprint density at radius 1 is 1.25 bits per heavy atom. The van der Waals surface area contributed by atoms with Crippen LogP contribution in [0, 0.1) is 0 Å². The lowest BCUT2D eigenvalue weighted by Crippen LogP contribution is -1.96. The molecule has 0 rings (SSSR count). The molecule has 0 saturated heterocycles. The molecule has 0 aliphatic carbocycles. The molecule has 0 amide bonds. The summed E-state index contributed by atoms with van der Waals surface area (Å²) in [6, 6.07) is 0. The summed E-state index contributed by atoms with van der Waals surface area (Å²) in [7, 11) is 0. The number of hydrogen-bond donors (Lipinski definition) is 2. The second kappa shape index (κ2) is 15.7. The van der Waals surface area contributed by atoms with E-state index in [-0.39, 0.29) is 18.6 Å². The summed E-state index contributed by atoms with van der Waals surface area (Å²) in [6.45, 7) is 3.03. The standard InChI is InChI=1S/C5H13N.ClH.H3N/c1-2-3-4-5-6;;/h2-6H2,1H3;1H;1H3. The van der Waals surface area contributed by atoms with E-state index in [9.17, 15) is 0 Å². The van der Waals surface area contributed by atoms with Gasteiger partial charge in [0.15, 0.2) is 0 Å². The monoisotopic (exact) mass is 140 g/mol. The van der Waals surface area contributed by atoms with E-state index in [2.05, 4.69) is 6.92 Å². The summed E-state index contributed by atoms with van der Waals surface area (Å²) in [6.07, 6.45) is 3.75. The maximum Gasteiger partial charge on any atom is -0.00773 e. The molecule has 2 nitrogen and oxygen atoms in total. The molecule has 0 bridgehead atoms. The average Bonchev–Trinajstić information content (AvgIpc) is 1.61. The second-order valence-corrected chi connectivity index (χ2v) is 1.50. The fraction of sp³-hybridized carbons (Fsp3) is 1.00. The minimum absolute atomic E-state index is 0. The lowest BCUT2D eigenvalue weighted by Gasteiger charge is -1.86. The zero-order valence-electron chi connectivity index (χ0n) is 5.52. The molecule has 0 aliphatic rings. The van der Waals surface area contributed by atoms with Crippen LogP contribution in [0.4, 0.5) is 0 Å². The molecule has 0 saturated carbocycles. The molecule has 0 atom stereocenters. The van der Waals surface area contributed by atoms with Gasteiger partial charge >= 0.3 is 0 Å². The normalized spacial score (nSPS) is 6.75. The van der Waals surface area contributed by atoms with Crippen molar-refractivity contribution in [2.45, 2.75) is 26.2 Å². The molecule has 0 radical (unpaired) electrons. The van der Waals surface area contributed by atoms with Gasteiger partial charge in [-0.2, -0.15) is 0 Å². The van der Waals surface area contributed by atoms with Gasteiger partial charge in [-0.1, -0.05) is 19.8 Å². The molecule has 0 fully saturated rings. The third-order valence-electron chi connectivity index (χ3n) is 0.808. The van der Waals surface area contributed by atoms with Gasteiger partial charge in [-0.15, -0.1) is 12.4 Å². The zero-order valence-corrected chi connectivity index (χ0v) is 6.34. The van der Waals surface area contributed by atoms with Gasteiger partial charge in [-0.05, 0) is 13.0 Å². The first-order valence-electron chi connectivity index (χ1n) is 2.62. The van der Waals surface area contributed by atoms with Crippen LogP contribution < -0.4 is 11.9 Å². The highest BCUT2D eigenvalue weighted by atomic mass is 35.5. The Morgan fingerprint density at radius 2 is 1.75 bits per heavy atom. The van der Waals surface area contributed by atoms with Crippen LogP contribution in [0.15, 0.2) is 0 Å². The molecule has 8 heavy (non-hydrogen) atoms. The molecule has 0 aliphatic heterocycles. The Kier molecular flexibility index (Phi) is 30.8. The van der Waals surface area contributed by atoms with Crippen LogP contribution in [0.25, 0.3) is 0 Å². The number of hydrogen-bond acceptors (Lipinski definition) is 2. The van der Waals surface area contributed by atoms with Crippen molar-refractivity contribution in [1.29, 1.82) is 0 Å². The van der Waals surface area contributed by atoms with Gasteiger partial charge in [0.05, 0.1) is 0 Å². The van der Waals surface area contributed by atoms with Gasteiger partial charge < -0.3 is 11.9 Å². The molecule has 0 spiro atoms. The van der Waals surface area contributed by atoms with E-state index in [1.165, 1.54) is 19.3 Å². The largest absolute Gasteiger partial charge is 0.344 e. The van der Waals surface area contributed by atoms with Crippen molar-refractivity contribution in [3.63, 3.8) is 0 Å². The Labute approximate surface area is 57.8 Å². The highest BCUT2D eigenvalue weighted by molar-refractivity contribution is 5.85. The van der Waals surface area contributed by atoms with Crippen LogP contribution >= 0.6 is 12.4 Å². The van der Waals surface area contributed by atoms with Crippen molar-refractivity contribution in [2.75, 3.05) is 6.54 Å². The first-order chi connectivity index (χ1) is 2.91. The SMILES string of the molecule is CCCCCN.Cl.N. The molecule has 0 heterocycles.